The molecule has 3 rings (SSSR count). The zero-order valence-corrected chi connectivity index (χ0v) is 14.1. The zero-order valence-electron chi connectivity index (χ0n) is 12.2. The SMILES string of the molecule is O=C(Nc1ccc(Cl)cn1)c1cc(=O)n(P)c2c1CCOCC2. The van der Waals surface area contributed by atoms with Crippen molar-refractivity contribution < 1.29 is 9.53 Å². The molecular formula is C15H15ClN3O3P. The Bertz CT molecular complexity index is 805. The van der Waals surface area contributed by atoms with E-state index in [0.717, 1.165) is 11.3 Å². The first-order valence-corrected chi connectivity index (χ1v) is 7.99. The molecule has 1 unspecified atom stereocenters. The highest BCUT2D eigenvalue weighted by Crippen LogP contribution is 2.20. The fourth-order valence-corrected chi connectivity index (χ4v) is 3.02. The molecule has 1 aliphatic heterocycles. The molecule has 1 atom stereocenters. The van der Waals surface area contributed by atoms with Crippen molar-refractivity contribution in [1.82, 2.24) is 9.32 Å². The van der Waals surface area contributed by atoms with Crippen LogP contribution in [0.2, 0.25) is 5.02 Å². The van der Waals surface area contributed by atoms with Crippen LogP contribution in [0.3, 0.4) is 0 Å². The lowest BCUT2D eigenvalue weighted by Gasteiger charge is -2.15. The summed E-state index contributed by atoms with van der Waals surface area (Å²) in [5.74, 6) is 0.0220. The number of carbonyl (C=O) groups excluding carboxylic acids is 1. The minimum Gasteiger partial charge on any atom is -0.381 e. The first-order valence-electron chi connectivity index (χ1n) is 7.10. The van der Waals surface area contributed by atoms with Crippen LogP contribution in [0.4, 0.5) is 5.82 Å². The summed E-state index contributed by atoms with van der Waals surface area (Å²) in [4.78, 5) is 28.7. The maximum absolute atomic E-state index is 12.6. The van der Waals surface area contributed by atoms with E-state index in [2.05, 4.69) is 19.7 Å². The monoisotopic (exact) mass is 351 g/mol. The lowest BCUT2D eigenvalue weighted by Crippen LogP contribution is -2.24. The van der Waals surface area contributed by atoms with Crippen LogP contribution in [0, 0.1) is 0 Å². The summed E-state index contributed by atoms with van der Waals surface area (Å²) in [6, 6.07) is 4.60. The average molecular weight is 352 g/mol. The van der Waals surface area contributed by atoms with Crippen molar-refractivity contribution in [1.29, 1.82) is 0 Å². The molecule has 2 aromatic rings. The van der Waals surface area contributed by atoms with Gasteiger partial charge in [-0.25, -0.2) is 4.98 Å². The highest BCUT2D eigenvalue weighted by Gasteiger charge is 2.21. The number of nitrogens with one attached hydrogen (secondary N) is 1. The fourth-order valence-electron chi connectivity index (χ4n) is 2.55. The molecule has 0 bridgehead atoms. The smallest absolute Gasteiger partial charge is 0.257 e. The summed E-state index contributed by atoms with van der Waals surface area (Å²) in [5, 5.41) is 3.18. The standard InChI is InChI=1S/C15H15ClN3O3P/c16-9-1-2-13(17-8-9)18-15(21)11-7-14(20)19(23)12-4-6-22-5-3-10(11)12/h1-2,7-8H,3-6,23H2,(H,17,18,21). The molecule has 0 aliphatic carbocycles. The Morgan fingerprint density at radius 3 is 2.87 bits per heavy atom. The van der Waals surface area contributed by atoms with Crippen LogP contribution in [0.1, 0.15) is 21.6 Å². The zero-order chi connectivity index (χ0) is 16.4. The van der Waals surface area contributed by atoms with E-state index in [9.17, 15) is 9.59 Å². The van der Waals surface area contributed by atoms with Crippen molar-refractivity contribution in [3.05, 3.63) is 56.6 Å². The highest BCUT2D eigenvalue weighted by molar-refractivity contribution is 7.14. The van der Waals surface area contributed by atoms with Crippen molar-refractivity contribution in [2.24, 2.45) is 0 Å². The number of hydrogen-bond acceptors (Lipinski definition) is 4. The van der Waals surface area contributed by atoms with Gasteiger partial charge in [-0.3, -0.25) is 13.9 Å². The molecule has 8 heteroatoms. The number of rotatable bonds is 2. The predicted octanol–water partition coefficient (Wildman–Crippen LogP) is 1.90. The Morgan fingerprint density at radius 1 is 1.35 bits per heavy atom. The quantitative estimate of drug-likeness (QED) is 0.839. The molecule has 0 aromatic carbocycles. The number of pyridine rings is 2. The van der Waals surface area contributed by atoms with Gasteiger partial charge in [0.25, 0.3) is 11.5 Å². The Labute approximate surface area is 140 Å². The summed E-state index contributed by atoms with van der Waals surface area (Å²) in [6.07, 6.45) is 2.63. The van der Waals surface area contributed by atoms with Crippen molar-refractivity contribution >= 4 is 32.7 Å². The van der Waals surface area contributed by atoms with Crippen molar-refractivity contribution in [3.63, 3.8) is 0 Å². The van der Waals surface area contributed by atoms with Gasteiger partial charge in [-0.2, -0.15) is 0 Å². The van der Waals surface area contributed by atoms with Crippen LogP contribution >= 0.6 is 21.0 Å². The first-order chi connectivity index (χ1) is 11.1. The van der Waals surface area contributed by atoms with E-state index in [-0.39, 0.29) is 11.5 Å². The number of carbonyl (C=O) groups is 1. The second-order valence-corrected chi connectivity index (χ2v) is 6.07. The lowest BCUT2D eigenvalue weighted by molar-refractivity contribution is 0.102. The molecule has 120 valence electrons. The minimum absolute atomic E-state index is 0.245. The highest BCUT2D eigenvalue weighted by atomic mass is 35.5. The topological polar surface area (TPSA) is 73.2 Å². The van der Waals surface area contributed by atoms with E-state index in [1.54, 1.807) is 12.1 Å². The molecule has 23 heavy (non-hydrogen) atoms. The minimum atomic E-state index is -0.360. The maximum atomic E-state index is 12.6. The summed E-state index contributed by atoms with van der Waals surface area (Å²) >= 11 is 5.78. The third-order valence-corrected chi connectivity index (χ3v) is 4.45. The molecule has 2 aromatic heterocycles. The number of ether oxygens (including phenoxy) is 1. The molecule has 1 amide bonds. The average Bonchev–Trinajstić information content (AvgIpc) is 2.79. The van der Waals surface area contributed by atoms with E-state index in [1.165, 1.54) is 16.6 Å². The number of aromatic nitrogens is 2. The third kappa shape index (κ3) is 3.44. The molecule has 1 aliphatic rings. The van der Waals surface area contributed by atoms with Gasteiger partial charge < -0.3 is 10.1 Å². The summed E-state index contributed by atoms with van der Waals surface area (Å²) in [6.45, 7) is 1.06. The van der Waals surface area contributed by atoms with E-state index in [4.69, 9.17) is 16.3 Å². The third-order valence-electron chi connectivity index (χ3n) is 3.66. The summed E-state index contributed by atoms with van der Waals surface area (Å²) in [5.41, 5.74) is 1.77. The van der Waals surface area contributed by atoms with Gasteiger partial charge in [0.1, 0.15) is 5.82 Å². The van der Waals surface area contributed by atoms with E-state index < -0.39 is 0 Å². The van der Waals surface area contributed by atoms with Crippen LogP contribution in [0.15, 0.2) is 29.2 Å². The number of halogens is 1. The predicted molar refractivity (Wildman–Crippen MR) is 91.2 cm³/mol. The molecule has 0 radical (unpaired) electrons. The van der Waals surface area contributed by atoms with Gasteiger partial charge in [-0.1, -0.05) is 11.6 Å². The number of amides is 1. The van der Waals surface area contributed by atoms with Gasteiger partial charge in [0.15, 0.2) is 0 Å². The molecule has 1 N–H and O–H groups in total. The van der Waals surface area contributed by atoms with E-state index >= 15 is 0 Å². The Morgan fingerprint density at radius 2 is 2.13 bits per heavy atom. The fraction of sp³-hybridized carbons (Fsp3) is 0.267. The Kier molecular flexibility index (Phi) is 4.76. The van der Waals surface area contributed by atoms with Crippen LogP contribution in [0.25, 0.3) is 0 Å². The molecule has 0 spiro atoms. The number of anilines is 1. The van der Waals surface area contributed by atoms with Gasteiger partial charge in [-0.05, 0) is 33.5 Å². The van der Waals surface area contributed by atoms with Crippen molar-refractivity contribution in [2.75, 3.05) is 18.5 Å². The normalized spacial score (nSPS) is 14.0. The second kappa shape index (κ2) is 6.79. The summed E-state index contributed by atoms with van der Waals surface area (Å²) in [7, 11) is 2.40. The van der Waals surface area contributed by atoms with Gasteiger partial charge in [0.2, 0.25) is 0 Å². The molecule has 3 heterocycles. The van der Waals surface area contributed by atoms with Crippen LogP contribution in [0.5, 0.6) is 0 Å². The van der Waals surface area contributed by atoms with Gasteiger partial charge in [-0.15, -0.1) is 0 Å². The Balaban J connectivity index is 1.98. The number of nitrogens with zero attached hydrogens (tertiary/aromatic N) is 2. The molecule has 0 saturated heterocycles. The molecule has 6 nitrogen and oxygen atoms in total. The lowest BCUT2D eigenvalue weighted by atomic mass is 10.0. The number of hydrogen-bond donors (Lipinski definition) is 1. The van der Waals surface area contributed by atoms with Crippen LogP contribution in [-0.4, -0.2) is 28.4 Å². The van der Waals surface area contributed by atoms with E-state index in [1.807, 2.05) is 0 Å². The Hall–Kier alpha value is -1.75. The second-order valence-electron chi connectivity index (χ2n) is 5.12. The van der Waals surface area contributed by atoms with Gasteiger partial charge in [0.05, 0.1) is 23.8 Å². The first kappa shape index (κ1) is 16.1. The van der Waals surface area contributed by atoms with Crippen LogP contribution < -0.4 is 10.9 Å². The summed E-state index contributed by atoms with van der Waals surface area (Å²) < 4.78 is 6.96. The molecule has 0 saturated carbocycles. The number of fused-ring (bicyclic) bond motifs is 1. The molecular weight excluding hydrogens is 337 g/mol. The maximum Gasteiger partial charge on any atom is 0.257 e. The molecule has 0 fully saturated rings. The largest absolute Gasteiger partial charge is 0.381 e. The van der Waals surface area contributed by atoms with Crippen molar-refractivity contribution in [3.8, 4) is 0 Å². The van der Waals surface area contributed by atoms with Crippen molar-refractivity contribution in [2.45, 2.75) is 12.8 Å². The van der Waals surface area contributed by atoms with Gasteiger partial charge in [0, 0.05) is 24.4 Å². The van der Waals surface area contributed by atoms with Crippen LogP contribution in [-0.2, 0) is 17.6 Å². The van der Waals surface area contributed by atoms with E-state index in [0.29, 0.717) is 42.5 Å². The van der Waals surface area contributed by atoms with Gasteiger partial charge >= 0.3 is 0 Å².